The third kappa shape index (κ3) is 4.05. The molecule has 1 amide bonds. The molecule has 1 unspecified atom stereocenters. The van der Waals surface area contributed by atoms with Crippen molar-refractivity contribution in [1.82, 2.24) is 9.42 Å². The number of fused-ring (bicyclic) bond motifs is 1. The molecule has 0 N–H and O–H groups in total. The van der Waals surface area contributed by atoms with Crippen molar-refractivity contribution in [3.63, 3.8) is 0 Å². The second-order valence-electron chi connectivity index (χ2n) is 7.25. The Morgan fingerprint density at radius 1 is 1.03 bits per heavy atom. The number of morpholine rings is 1. The van der Waals surface area contributed by atoms with Crippen molar-refractivity contribution < 1.29 is 17.9 Å². The summed E-state index contributed by atoms with van der Waals surface area (Å²) in [5, 5.41) is 1.53. The van der Waals surface area contributed by atoms with Gasteiger partial charge < -0.3 is 4.74 Å². The second-order valence-corrected chi connectivity index (χ2v) is 9.63. The standard InChI is InChI=1S/C21H23ClN2O4S/c22-17-10-8-16(9-11-17)4-3-7-20-18-5-1-2-6-19(18)21(25)24(29(20,26)27)23-12-14-28-15-13-23/h1-2,5-6,8-11,20H,3-4,7,12-15H2. The Balaban J connectivity index is 1.61. The number of amides is 1. The maximum atomic E-state index is 13.5. The first-order chi connectivity index (χ1) is 14.0. The van der Waals surface area contributed by atoms with Crippen LogP contribution in [0.2, 0.25) is 5.02 Å². The lowest BCUT2D eigenvalue weighted by atomic mass is 9.98. The number of hydrogen-bond donors (Lipinski definition) is 0. The normalized spacial score (nSPS) is 21.8. The molecule has 1 fully saturated rings. The fourth-order valence-corrected chi connectivity index (χ4v) is 6.12. The summed E-state index contributed by atoms with van der Waals surface area (Å²) in [6, 6.07) is 14.6. The molecule has 0 radical (unpaired) electrons. The highest BCUT2D eigenvalue weighted by Gasteiger charge is 2.46. The molecule has 2 aromatic carbocycles. The van der Waals surface area contributed by atoms with Crippen LogP contribution in [0.1, 0.15) is 39.6 Å². The molecule has 1 saturated heterocycles. The van der Waals surface area contributed by atoms with Gasteiger partial charge in [-0.3, -0.25) is 4.79 Å². The van der Waals surface area contributed by atoms with E-state index in [-0.39, 0.29) is 0 Å². The maximum Gasteiger partial charge on any atom is 0.282 e. The number of aryl methyl sites for hydroxylation is 1. The minimum absolute atomic E-state index is 0.380. The molecule has 0 bridgehead atoms. The van der Waals surface area contributed by atoms with E-state index < -0.39 is 21.2 Å². The number of benzene rings is 2. The minimum atomic E-state index is -3.85. The SMILES string of the molecule is O=C1c2ccccc2C(CCCc2ccc(Cl)cc2)S(=O)(=O)N1N1CCOCC1. The van der Waals surface area contributed by atoms with E-state index in [1.54, 1.807) is 29.3 Å². The molecular weight excluding hydrogens is 412 g/mol. The average molecular weight is 435 g/mol. The number of hydrazine groups is 1. The summed E-state index contributed by atoms with van der Waals surface area (Å²) in [5.74, 6) is -0.476. The van der Waals surface area contributed by atoms with Gasteiger partial charge in [0.1, 0.15) is 5.25 Å². The summed E-state index contributed by atoms with van der Waals surface area (Å²) in [5.41, 5.74) is 2.17. The first-order valence-electron chi connectivity index (χ1n) is 9.73. The van der Waals surface area contributed by atoms with Crippen molar-refractivity contribution in [3.05, 3.63) is 70.2 Å². The van der Waals surface area contributed by atoms with E-state index in [4.69, 9.17) is 16.3 Å². The van der Waals surface area contributed by atoms with E-state index in [1.807, 2.05) is 24.3 Å². The summed E-state index contributed by atoms with van der Waals surface area (Å²) in [6.07, 6.45) is 1.87. The molecule has 1 atom stereocenters. The minimum Gasteiger partial charge on any atom is -0.379 e. The van der Waals surface area contributed by atoms with Gasteiger partial charge in [0.05, 0.1) is 13.2 Å². The van der Waals surface area contributed by atoms with Crippen molar-refractivity contribution in [2.45, 2.75) is 24.5 Å². The number of ether oxygens (including phenoxy) is 1. The molecule has 2 heterocycles. The van der Waals surface area contributed by atoms with Crippen molar-refractivity contribution in [2.24, 2.45) is 0 Å². The molecule has 29 heavy (non-hydrogen) atoms. The number of rotatable bonds is 5. The first-order valence-corrected chi connectivity index (χ1v) is 11.6. The van der Waals surface area contributed by atoms with Gasteiger partial charge in [-0.15, -0.1) is 0 Å². The third-order valence-electron chi connectivity index (χ3n) is 5.40. The molecule has 0 aromatic heterocycles. The van der Waals surface area contributed by atoms with Gasteiger partial charge in [-0.1, -0.05) is 41.9 Å². The summed E-state index contributed by atoms with van der Waals surface area (Å²) >= 11 is 5.93. The van der Waals surface area contributed by atoms with Crippen LogP contribution in [0, 0.1) is 0 Å². The Labute approximate surface area is 176 Å². The third-order valence-corrected chi connectivity index (χ3v) is 7.74. The highest BCUT2D eigenvalue weighted by molar-refractivity contribution is 7.90. The number of nitrogens with zero attached hydrogens (tertiary/aromatic N) is 2. The molecule has 2 aliphatic rings. The van der Waals surface area contributed by atoms with Crippen LogP contribution in [0.4, 0.5) is 0 Å². The van der Waals surface area contributed by atoms with E-state index in [0.29, 0.717) is 55.3 Å². The fourth-order valence-electron chi connectivity index (χ4n) is 3.94. The van der Waals surface area contributed by atoms with Gasteiger partial charge in [0.25, 0.3) is 15.9 Å². The number of halogens is 1. The van der Waals surface area contributed by atoms with Crippen LogP contribution < -0.4 is 0 Å². The summed E-state index contributed by atoms with van der Waals surface area (Å²) < 4.78 is 33.3. The van der Waals surface area contributed by atoms with E-state index in [2.05, 4.69) is 0 Å². The Morgan fingerprint density at radius 2 is 1.72 bits per heavy atom. The second kappa shape index (κ2) is 8.44. The van der Waals surface area contributed by atoms with Gasteiger partial charge in [0.15, 0.2) is 0 Å². The van der Waals surface area contributed by atoms with Gasteiger partial charge in [0.2, 0.25) is 0 Å². The molecule has 6 nitrogen and oxygen atoms in total. The number of carbonyl (C=O) groups is 1. The van der Waals surface area contributed by atoms with E-state index in [0.717, 1.165) is 16.4 Å². The van der Waals surface area contributed by atoms with Crippen LogP contribution in [0.5, 0.6) is 0 Å². The van der Waals surface area contributed by atoms with Gasteiger partial charge in [-0.25, -0.2) is 8.42 Å². The number of carbonyl (C=O) groups excluding carboxylic acids is 1. The van der Waals surface area contributed by atoms with Crippen LogP contribution in [-0.4, -0.2) is 50.1 Å². The topological polar surface area (TPSA) is 66.9 Å². The summed E-state index contributed by atoms with van der Waals surface area (Å²) in [6.45, 7) is 1.57. The Bertz CT molecular complexity index is 988. The van der Waals surface area contributed by atoms with Crippen molar-refractivity contribution in [2.75, 3.05) is 26.3 Å². The van der Waals surface area contributed by atoms with Crippen LogP contribution in [0.3, 0.4) is 0 Å². The quantitative estimate of drug-likeness (QED) is 0.721. The predicted molar refractivity (Wildman–Crippen MR) is 111 cm³/mol. The Kier molecular flexibility index (Phi) is 5.92. The molecule has 0 aliphatic carbocycles. The molecule has 0 spiro atoms. The van der Waals surface area contributed by atoms with E-state index >= 15 is 0 Å². The maximum absolute atomic E-state index is 13.5. The Hall–Kier alpha value is -1.93. The summed E-state index contributed by atoms with van der Waals surface area (Å²) in [4.78, 5) is 13.1. The lowest BCUT2D eigenvalue weighted by molar-refractivity contribution is -0.0327. The van der Waals surface area contributed by atoms with Crippen LogP contribution >= 0.6 is 11.6 Å². The Morgan fingerprint density at radius 3 is 2.45 bits per heavy atom. The van der Waals surface area contributed by atoms with E-state index in [9.17, 15) is 13.2 Å². The molecular formula is C21H23ClN2O4S. The lowest BCUT2D eigenvalue weighted by Gasteiger charge is -2.41. The predicted octanol–water partition coefficient (Wildman–Crippen LogP) is 3.44. The molecule has 2 aliphatic heterocycles. The first kappa shape index (κ1) is 20.3. The van der Waals surface area contributed by atoms with Gasteiger partial charge in [0, 0.05) is 23.7 Å². The van der Waals surface area contributed by atoms with Crippen LogP contribution in [0.25, 0.3) is 0 Å². The van der Waals surface area contributed by atoms with Crippen molar-refractivity contribution in [3.8, 4) is 0 Å². The smallest absolute Gasteiger partial charge is 0.282 e. The summed E-state index contributed by atoms with van der Waals surface area (Å²) in [7, 11) is -3.85. The van der Waals surface area contributed by atoms with Gasteiger partial charge >= 0.3 is 0 Å². The highest BCUT2D eigenvalue weighted by Crippen LogP contribution is 2.39. The monoisotopic (exact) mass is 434 g/mol. The fraction of sp³-hybridized carbons (Fsp3) is 0.381. The van der Waals surface area contributed by atoms with Crippen LogP contribution in [0.15, 0.2) is 48.5 Å². The number of sulfonamides is 1. The van der Waals surface area contributed by atoms with Gasteiger partial charge in [-0.2, -0.15) is 9.42 Å². The number of hydrogen-bond acceptors (Lipinski definition) is 5. The van der Waals surface area contributed by atoms with Crippen molar-refractivity contribution in [1.29, 1.82) is 0 Å². The average Bonchev–Trinajstić information content (AvgIpc) is 2.72. The molecule has 2 aromatic rings. The molecule has 154 valence electrons. The zero-order valence-electron chi connectivity index (χ0n) is 16.0. The zero-order valence-corrected chi connectivity index (χ0v) is 17.5. The largest absolute Gasteiger partial charge is 0.379 e. The van der Waals surface area contributed by atoms with E-state index in [1.165, 1.54) is 0 Å². The van der Waals surface area contributed by atoms with Gasteiger partial charge in [-0.05, 0) is 48.6 Å². The molecule has 0 saturated carbocycles. The molecule has 4 rings (SSSR count). The molecule has 8 heteroatoms. The zero-order chi connectivity index (χ0) is 20.4. The highest BCUT2D eigenvalue weighted by atomic mass is 35.5. The van der Waals surface area contributed by atoms with Crippen molar-refractivity contribution >= 4 is 27.5 Å². The lowest BCUT2D eigenvalue weighted by Crippen LogP contribution is -2.57. The van der Waals surface area contributed by atoms with Crippen LogP contribution in [-0.2, 0) is 21.2 Å².